The van der Waals surface area contributed by atoms with Gasteiger partial charge in [0.05, 0.1) is 23.1 Å². The molecule has 0 bridgehead atoms. The molecule has 1 heterocycles. The molecule has 1 aromatic rings. The SMILES string of the molecule is CC1=NN(c2ccc(C(N)=O)c(NC3CCC(O)CC3)c2)C2=C(C1)C(=O)CC(C)(C)C2. The van der Waals surface area contributed by atoms with E-state index in [0.29, 0.717) is 24.1 Å². The average molecular weight is 425 g/mol. The first kappa shape index (κ1) is 21.6. The van der Waals surface area contributed by atoms with Crippen molar-refractivity contribution in [3.63, 3.8) is 0 Å². The Morgan fingerprint density at radius 2 is 1.94 bits per heavy atom. The minimum atomic E-state index is -0.489. The molecular weight excluding hydrogens is 392 g/mol. The number of amides is 1. The molecule has 0 unspecified atom stereocenters. The first-order valence-electron chi connectivity index (χ1n) is 11.1. The zero-order valence-corrected chi connectivity index (χ0v) is 18.6. The minimum absolute atomic E-state index is 0.119. The Morgan fingerprint density at radius 3 is 2.61 bits per heavy atom. The summed E-state index contributed by atoms with van der Waals surface area (Å²) in [6.07, 6.45) is 4.82. The Hall–Kier alpha value is -2.67. The number of carbonyl (C=O) groups excluding carboxylic acids is 2. The van der Waals surface area contributed by atoms with Crippen molar-refractivity contribution in [1.29, 1.82) is 0 Å². The molecular formula is C24H32N4O3. The molecule has 3 aliphatic rings. The molecule has 7 nitrogen and oxygen atoms in total. The molecule has 7 heteroatoms. The lowest BCUT2D eigenvalue weighted by Crippen LogP contribution is -2.36. The Labute approximate surface area is 183 Å². The van der Waals surface area contributed by atoms with Crippen LogP contribution in [0, 0.1) is 5.41 Å². The van der Waals surface area contributed by atoms with E-state index in [1.54, 1.807) is 6.07 Å². The summed E-state index contributed by atoms with van der Waals surface area (Å²) in [5.74, 6) is -0.296. The van der Waals surface area contributed by atoms with Crippen LogP contribution in [0.15, 0.2) is 34.6 Å². The van der Waals surface area contributed by atoms with E-state index >= 15 is 0 Å². The highest BCUT2D eigenvalue weighted by atomic mass is 16.3. The summed E-state index contributed by atoms with van der Waals surface area (Å²) in [6.45, 7) is 6.16. The van der Waals surface area contributed by atoms with E-state index < -0.39 is 5.91 Å². The second-order valence-corrected chi connectivity index (χ2v) is 9.93. The van der Waals surface area contributed by atoms with Gasteiger partial charge in [0.1, 0.15) is 0 Å². The van der Waals surface area contributed by atoms with Crippen molar-refractivity contribution >= 4 is 28.8 Å². The molecule has 0 saturated heterocycles. The lowest BCUT2D eigenvalue weighted by molar-refractivity contribution is -0.118. The Bertz CT molecular complexity index is 971. The minimum Gasteiger partial charge on any atom is -0.393 e. The van der Waals surface area contributed by atoms with Gasteiger partial charge in [0.15, 0.2) is 5.78 Å². The number of hydrazone groups is 1. The van der Waals surface area contributed by atoms with Gasteiger partial charge in [-0.25, -0.2) is 5.01 Å². The maximum Gasteiger partial charge on any atom is 0.250 e. The molecule has 4 rings (SSSR count). The molecule has 4 N–H and O–H groups in total. The smallest absolute Gasteiger partial charge is 0.250 e. The number of nitrogens with zero attached hydrogens (tertiary/aromatic N) is 2. The lowest BCUT2D eigenvalue weighted by atomic mass is 9.74. The number of ketones is 1. The number of aliphatic hydroxyl groups is 1. The number of hydrogen-bond donors (Lipinski definition) is 3. The number of hydrogen-bond acceptors (Lipinski definition) is 6. The van der Waals surface area contributed by atoms with Gasteiger partial charge in [-0.15, -0.1) is 0 Å². The Balaban J connectivity index is 1.70. The fraction of sp³-hybridized carbons (Fsp3) is 0.542. The van der Waals surface area contributed by atoms with E-state index in [9.17, 15) is 14.7 Å². The molecule has 0 atom stereocenters. The Kier molecular flexibility index (Phi) is 5.64. The van der Waals surface area contributed by atoms with Crippen molar-refractivity contribution in [2.45, 2.75) is 77.9 Å². The predicted molar refractivity (Wildman–Crippen MR) is 122 cm³/mol. The topological polar surface area (TPSA) is 108 Å². The van der Waals surface area contributed by atoms with Gasteiger partial charge in [-0.05, 0) is 62.6 Å². The zero-order chi connectivity index (χ0) is 22.3. The van der Waals surface area contributed by atoms with Crippen LogP contribution in [0.25, 0.3) is 0 Å². The van der Waals surface area contributed by atoms with E-state index in [-0.39, 0.29) is 23.3 Å². The van der Waals surface area contributed by atoms with Crippen LogP contribution in [0.4, 0.5) is 11.4 Å². The summed E-state index contributed by atoms with van der Waals surface area (Å²) in [5.41, 5.74) is 10.1. The van der Waals surface area contributed by atoms with Crippen molar-refractivity contribution in [2.24, 2.45) is 16.3 Å². The summed E-state index contributed by atoms with van der Waals surface area (Å²) in [4.78, 5) is 24.9. The van der Waals surface area contributed by atoms with Crippen LogP contribution in [0.3, 0.4) is 0 Å². The first-order valence-corrected chi connectivity index (χ1v) is 11.1. The van der Waals surface area contributed by atoms with E-state index in [0.717, 1.165) is 54.8 Å². The van der Waals surface area contributed by atoms with Crippen molar-refractivity contribution in [1.82, 2.24) is 0 Å². The van der Waals surface area contributed by atoms with E-state index in [1.165, 1.54) is 0 Å². The van der Waals surface area contributed by atoms with Crippen LogP contribution in [-0.4, -0.2) is 34.7 Å². The molecule has 2 aliphatic carbocycles. The van der Waals surface area contributed by atoms with Crippen molar-refractivity contribution in [3.8, 4) is 0 Å². The molecule has 31 heavy (non-hydrogen) atoms. The van der Waals surface area contributed by atoms with Gasteiger partial charge in [0, 0.05) is 35.9 Å². The maximum atomic E-state index is 12.8. The van der Waals surface area contributed by atoms with Crippen molar-refractivity contribution < 1.29 is 14.7 Å². The molecule has 1 amide bonds. The summed E-state index contributed by atoms with van der Waals surface area (Å²) in [6, 6.07) is 5.65. The summed E-state index contributed by atoms with van der Waals surface area (Å²) < 4.78 is 0. The van der Waals surface area contributed by atoms with Gasteiger partial charge in [0.2, 0.25) is 0 Å². The fourth-order valence-corrected chi connectivity index (χ4v) is 4.90. The van der Waals surface area contributed by atoms with Crippen LogP contribution >= 0.6 is 0 Å². The second-order valence-electron chi connectivity index (χ2n) is 9.93. The quantitative estimate of drug-likeness (QED) is 0.682. The van der Waals surface area contributed by atoms with Gasteiger partial charge < -0.3 is 16.2 Å². The van der Waals surface area contributed by atoms with E-state index in [4.69, 9.17) is 10.8 Å². The Morgan fingerprint density at radius 1 is 1.23 bits per heavy atom. The maximum absolute atomic E-state index is 12.8. The number of rotatable bonds is 4. The third-order valence-corrected chi connectivity index (χ3v) is 6.50. The largest absolute Gasteiger partial charge is 0.393 e. The number of benzene rings is 1. The van der Waals surface area contributed by atoms with Gasteiger partial charge in [-0.3, -0.25) is 9.59 Å². The van der Waals surface area contributed by atoms with Gasteiger partial charge in [-0.1, -0.05) is 13.8 Å². The summed E-state index contributed by atoms with van der Waals surface area (Å²) >= 11 is 0. The van der Waals surface area contributed by atoms with Crippen LogP contribution in [0.1, 0.15) is 76.1 Å². The summed E-state index contributed by atoms with van der Waals surface area (Å²) in [5, 5.41) is 19.9. The van der Waals surface area contributed by atoms with Gasteiger partial charge in [0.25, 0.3) is 5.91 Å². The highest BCUT2D eigenvalue weighted by Crippen LogP contribution is 2.43. The van der Waals surface area contributed by atoms with Crippen LogP contribution in [-0.2, 0) is 4.79 Å². The molecule has 1 aliphatic heterocycles. The van der Waals surface area contributed by atoms with Crippen LogP contribution in [0.5, 0.6) is 0 Å². The third-order valence-electron chi connectivity index (χ3n) is 6.50. The number of carbonyl (C=O) groups is 2. The molecule has 0 radical (unpaired) electrons. The molecule has 0 spiro atoms. The van der Waals surface area contributed by atoms with Crippen molar-refractivity contribution in [2.75, 3.05) is 10.3 Å². The monoisotopic (exact) mass is 424 g/mol. The normalized spacial score (nSPS) is 25.7. The fourth-order valence-electron chi connectivity index (χ4n) is 4.90. The van der Waals surface area contributed by atoms with Crippen molar-refractivity contribution in [3.05, 3.63) is 35.0 Å². The number of nitrogens with two attached hydrogens (primary N) is 1. The number of nitrogens with one attached hydrogen (secondary N) is 1. The molecule has 166 valence electrons. The van der Waals surface area contributed by atoms with Crippen LogP contribution in [0.2, 0.25) is 0 Å². The zero-order valence-electron chi connectivity index (χ0n) is 18.6. The average Bonchev–Trinajstić information content (AvgIpc) is 2.69. The van der Waals surface area contributed by atoms with E-state index in [2.05, 4.69) is 19.2 Å². The predicted octanol–water partition coefficient (Wildman–Crippen LogP) is 3.73. The number of allylic oxidation sites excluding steroid dienone is 2. The number of anilines is 2. The standard InChI is InChI=1S/C24H32N4O3/c1-14-10-19-21(12-24(2,3)13-22(19)30)28(27-14)16-6-9-18(23(25)31)20(11-16)26-15-4-7-17(29)8-5-15/h6,9,11,15,17,26,29H,4-5,7-8,10,12-13H2,1-3H3,(H2,25,31). The number of aliphatic hydroxyl groups excluding tert-OH is 1. The number of primary amides is 1. The van der Waals surface area contributed by atoms with Gasteiger partial charge in [-0.2, -0.15) is 5.10 Å². The first-order chi connectivity index (χ1) is 14.6. The van der Waals surface area contributed by atoms with E-state index in [1.807, 2.05) is 24.1 Å². The van der Waals surface area contributed by atoms with Crippen LogP contribution < -0.4 is 16.1 Å². The second kappa shape index (κ2) is 8.11. The molecule has 1 saturated carbocycles. The highest BCUT2D eigenvalue weighted by molar-refractivity contribution is 6.05. The van der Waals surface area contributed by atoms with Gasteiger partial charge >= 0.3 is 0 Å². The highest BCUT2D eigenvalue weighted by Gasteiger charge is 2.37. The number of Topliss-reactive ketones (excluding diaryl/α,β-unsaturated/α-hetero) is 1. The molecule has 1 fully saturated rings. The molecule has 0 aromatic heterocycles. The summed E-state index contributed by atoms with van der Waals surface area (Å²) in [7, 11) is 0. The molecule has 1 aromatic carbocycles. The third kappa shape index (κ3) is 4.51. The lowest BCUT2D eigenvalue weighted by Gasteiger charge is -2.38.